The highest BCUT2D eigenvalue weighted by Crippen LogP contribution is 2.37. The van der Waals surface area contributed by atoms with E-state index in [2.05, 4.69) is 20.3 Å². The van der Waals surface area contributed by atoms with Gasteiger partial charge in [0.15, 0.2) is 0 Å². The number of anilines is 2. The third kappa shape index (κ3) is 5.78. The minimum Gasteiger partial charge on any atom is -0.329 e. The van der Waals surface area contributed by atoms with Gasteiger partial charge in [-0.3, -0.25) is 9.59 Å². The number of hydrogen-bond donors (Lipinski definition) is 3. The molecule has 0 saturated carbocycles. The monoisotopic (exact) mass is 472 g/mol. The normalized spacial score (nSPS) is 11.8. The standard InChI is InChI=1S/C22H24N4O4S2/c1-14(28)25-17-8-9-18(20(11-17)32(29,30)26-22(2,3)4)19-12-23-21(31-19)15-6-5-7-16(10-15)24-13-27/h5-13,26H,1-4H3,(H,24,27)(H,25,28). The molecule has 10 heteroatoms. The van der Waals surface area contributed by atoms with E-state index in [9.17, 15) is 18.0 Å². The molecule has 0 atom stereocenters. The first-order valence-corrected chi connectivity index (χ1v) is 12.0. The highest BCUT2D eigenvalue weighted by molar-refractivity contribution is 7.89. The molecule has 0 spiro atoms. The molecule has 0 aliphatic carbocycles. The van der Waals surface area contributed by atoms with Gasteiger partial charge in [0.25, 0.3) is 0 Å². The van der Waals surface area contributed by atoms with Gasteiger partial charge in [0, 0.05) is 41.2 Å². The van der Waals surface area contributed by atoms with Crippen molar-refractivity contribution in [2.24, 2.45) is 0 Å². The molecular weight excluding hydrogens is 448 g/mol. The van der Waals surface area contributed by atoms with Crippen molar-refractivity contribution in [2.45, 2.75) is 38.1 Å². The summed E-state index contributed by atoms with van der Waals surface area (Å²) in [6.45, 7) is 6.63. The average molecular weight is 473 g/mol. The molecule has 168 valence electrons. The first-order chi connectivity index (χ1) is 15.0. The van der Waals surface area contributed by atoms with Gasteiger partial charge < -0.3 is 10.6 Å². The number of nitrogens with zero attached hydrogens (tertiary/aromatic N) is 1. The number of rotatable bonds is 7. The molecule has 3 N–H and O–H groups in total. The Balaban J connectivity index is 2.09. The van der Waals surface area contributed by atoms with Gasteiger partial charge in [-0.25, -0.2) is 18.1 Å². The molecule has 1 heterocycles. The van der Waals surface area contributed by atoms with Gasteiger partial charge in [0.2, 0.25) is 22.3 Å². The second-order valence-electron chi connectivity index (χ2n) is 8.12. The minimum atomic E-state index is -3.90. The molecule has 2 aromatic carbocycles. The van der Waals surface area contributed by atoms with Gasteiger partial charge in [-0.2, -0.15) is 0 Å². The fourth-order valence-electron chi connectivity index (χ4n) is 3.03. The molecule has 3 rings (SSSR count). The second-order valence-corrected chi connectivity index (χ2v) is 10.8. The summed E-state index contributed by atoms with van der Waals surface area (Å²) in [5.41, 5.74) is 1.59. The van der Waals surface area contributed by atoms with Crippen molar-refractivity contribution in [3.05, 3.63) is 48.7 Å². The summed E-state index contributed by atoms with van der Waals surface area (Å²) in [6.07, 6.45) is 2.21. The molecular formula is C22H24N4O4S2. The average Bonchev–Trinajstić information content (AvgIpc) is 3.16. The molecule has 0 bridgehead atoms. The van der Waals surface area contributed by atoms with Gasteiger partial charge in [-0.05, 0) is 45.0 Å². The molecule has 0 radical (unpaired) electrons. The largest absolute Gasteiger partial charge is 0.329 e. The predicted molar refractivity (Wildman–Crippen MR) is 127 cm³/mol. The molecule has 0 aliphatic rings. The summed E-state index contributed by atoms with van der Waals surface area (Å²) in [7, 11) is -3.90. The van der Waals surface area contributed by atoms with Crippen LogP contribution in [0.25, 0.3) is 21.0 Å². The molecule has 2 amide bonds. The fourth-order valence-corrected chi connectivity index (χ4v) is 5.71. The van der Waals surface area contributed by atoms with E-state index >= 15 is 0 Å². The van der Waals surface area contributed by atoms with Crippen molar-refractivity contribution in [2.75, 3.05) is 10.6 Å². The Morgan fingerprint density at radius 3 is 2.50 bits per heavy atom. The lowest BCUT2D eigenvalue weighted by Crippen LogP contribution is -2.40. The van der Waals surface area contributed by atoms with Crippen LogP contribution in [0.5, 0.6) is 0 Å². The number of carbonyl (C=O) groups is 2. The second kappa shape index (κ2) is 9.19. The Hall–Kier alpha value is -3.08. The van der Waals surface area contributed by atoms with E-state index in [4.69, 9.17) is 0 Å². The quantitative estimate of drug-likeness (QED) is 0.448. The zero-order valence-corrected chi connectivity index (χ0v) is 19.7. The van der Waals surface area contributed by atoms with Crippen LogP contribution in [0.15, 0.2) is 53.6 Å². The summed E-state index contributed by atoms with van der Waals surface area (Å²) >= 11 is 1.33. The number of sulfonamides is 1. The number of thiazole rings is 1. The Bertz CT molecular complexity index is 1260. The van der Waals surface area contributed by atoms with Crippen LogP contribution in [0.3, 0.4) is 0 Å². The predicted octanol–water partition coefficient (Wildman–Crippen LogP) is 4.08. The maximum Gasteiger partial charge on any atom is 0.241 e. The van der Waals surface area contributed by atoms with Gasteiger partial charge in [0.1, 0.15) is 5.01 Å². The maximum absolute atomic E-state index is 13.2. The van der Waals surface area contributed by atoms with Crippen LogP contribution in [-0.2, 0) is 19.6 Å². The van der Waals surface area contributed by atoms with Gasteiger partial charge in [-0.15, -0.1) is 11.3 Å². The zero-order valence-electron chi connectivity index (χ0n) is 18.1. The maximum atomic E-state index is 13.2. The summed E-state index contributed by atoms with van der Waals surface area (Å²) in [6, 6.07) is 12.0. The molecule has 0 saturated heterocycles. The Morgan fingerprint density at radius 2 is 1.84 bits per heavy atom. The van der Waals surface area contributed by atoms with E-state index in [0.717, 1.165) is 5.56 Å². The summed E-state index contributed by atoms with van der Waals surface area (Å²) < 4.78 is 29.0. The lowest BCUT2D eigenvalue weighted by atomic mass is 10.1. The first-order valence-electron chi connectivity index (χ1n) is 9.71. The highest BCUT2D eigenvalue weighted by Gasteiger charge is 2.26. The van der Waals surface area contributed by atoms with Crippen LogP contribution in [0.4, 0.5) is 11.4 Å². The minimum absolute atomic E-state index is 0.0465. The SMILES string of the molecule is CC(=O)Nc1ccc(-c2cnc(-c3cccc(NC=O)c3)s2)c(S(=O)(=O)NC(C)(C)C)c1. The lowest BCUT2D eigenvalue weighted by molar-refractivity contribution is -0.114. The summed E-state index contributed by atoms with van der Waals surface area (Å²) in [4.78, 5) is 27.4. The highest BCUT2D eigenvalue weighted by atomic mass is 32.2. The van der Waals surface area contributed by atoms with Crippen molar-refractivity contribution in [3.63, 3.8) is 0 Å². The molecule has 0 fully saturated rings. The summed E-state index contributed by atoms with van der Waals surface area (Å²) in [5.74, 6) is -0.297. The Labute approximate surface area is 191 Å². The number of amides is 2. The van der Waals surface area contributed by atoms with Crippen LogP contribution in [0.1, 0.15) is 27.7 Å². The van der Waals surface area contributed by atoms with Crippen LogP contribution in [-0.4, -0.2) is 31.3 Å². The van der Waals surface area contributed by atoms with E-state index < -0.39 is 15.6 Å². The molecule has 0 aliphatic heterocycles. The van der Waals surface area contributed by atoms with Crippen LogP contribution in [0, 0.1) is 0 Å². The van der Waals surface area contributed by atoms with Gasteiger partial charge >= 0.3 is 0 Å². The van der Waals surface area contributed by atoms with Crippen LogP contribution in [0.2, 0.25) is 0 Å². The van der Waals surface area contributed by atoms with E-state index in [1.807, 2.05) is 6.07 Å². The number of carbonyl (C=O) groups excluding carboxylic acids is 2. The fraction of sp³-hybridized carbons (Fsp3) is 0.227. The van der Waals surface area contributed by atoms with Crippen molar-refractivity contribution < 1.29 is 18.0 Å². The van der Waals surface area contributed by atoms with Gasteiger partial charge in [0.05, 0.1) is 9.77 Å². The molecule has 1 aromatic heterocycles. The zero-order chi connectivity index (χ0) is 23.5. The Kier molecular flexibility index (Phi) is 6.77. The van der Waals surface area contributed by atoms with E-state index in [1.54, 1.807) is 57.3 Å². The molecule has 32 heavy (non-hydrogen) atoms. The Morgan fingerprint density at radius 1 is 1.09 bits per heavy atom. The van der Waals surface area contributed by atoms with Crippen LogP contribution >= 0.6 is 11.3 Å². The lowest BCUT2D eigenvalue weighted by Gasteiger charge is -2.22. The molecule has 3 aromatic rings. The van der Waals surface area contributed by atoms with Crippen LogP contribution < -0.4 is 15.4 Å². The third-order valence-corrected chi connectivity index (χ3v) is 7.02. The number of benzene rings is 2. The first kappa shape index (κ1) is 23.6. The van der Waals surface area contributed by atoms with E-state index in [0.29, 0.717) is 33.2 Å². The number of hydrogen-bond acceptors (Lipinski definition) is 6. The third-order valence-electron chi connectivity index (χ3n) is 4.14. The number of aromatic nitrogens is 1. The molecule has 0 unspecified atom stereocenters. The van der Waals surface area contributed by atoms with Crippen molar-refractivity contribution in [1.29, 1.82) is 0 Å². The topological polar surface area (TPSA) is 117 Å². The summed E-state index contributed by atoms with van der Waals surface area (Å²) in [5, 5.41) is 5.91. The number of nitrogens with one attached hydrogen (secondary N) is 3. The smallest absolute Gasteiger partial charge is 0.241 e. The van der Waals surface area contributed by atoms with Crippen molar-refractivity contribution in [3.8, 4) is 21.0 Å². The van der Waals surface area contributed by atoms with E-state index in [-0.39, 0.29) is 10.8 Å². The van der Waals surface area contributed by atoms with E-state index in [1.165, 1.54) is 24.3 Å². The molecule has 8 nitrogen and oxygen atoms in total. The van der Waals surface area contributed by atoms with Crippen molar-refractivity contribution >= 4 is 45.1 Å². The van der Waals surface area contributed by atoms with Crippen molar-refractivity contribution in [1.82, 2.24) is 9.71 Å². The van der Waals surface area contributed by atoms with Gasteiger partial charge in [-0.1, -0.05) is 18.2 Å².